The van der Waals surface area contributed by atoms with E-state index in [2.05, 4.69) is 4.84 Å². The van der Waals surface area contributed by atoms with Crippen LogP contribution in [0.3, 0.4) is 0 Å². The first-order chi connectivity index (χ1) is 7.72. The summed E-state index contributed by atoms with van der Waals surface area (Å²) in [7, 11) is 0. The van der Waals surface area contributed by atoms with Gasteiger partial charge in [-0.25, -0.2) is 14.7 Å². The average molecular weight is 228 g/mol. The molecule has 1 fully saturated rings. The van der Waals surface area contributed by atoms with Crippen LogP contribution in [0.2, 0.25) is 0 Å². The van der Waals surface area contributed by atoms with Gasteiger partial charge in [-0.05, 0) is 18.9 Å². The van der Waals surface area contributed by atoms with Crippen molar-refractivity contribution in [1.82, 2.24) is 0 Å². The summed E-state index contributed by atoms with van der Waals surface area (Å²) in [5.41, 5.74) is 1.27. The van der Waals surface area contributed by atoms with Gasteiger partial charge in [-0.15, -0.1) is 0 Å². The van der Waals surface area contributed by atoms with Gasteiger partial charge >= 0.3 is 0 Å². The molecular weight excluding hydrogens is 214 g/mol. The fourth-order valence-corrected chi connectivity index (χ4v) is 2.04. The predicted molar refractivity (Wildman–Crippen MR) is 56.8 cm³/mol. The molecule has 1 aliphatic heterocycles. The molecule has 1 saturated heterocycles. The highest BCUT2D eigenvalue weighted by Crippen LogP contribution is 2.27. The lowest BCUT2D eigenvalue weighted by Gasteiger charge is -2.21. The molecule has 1 aromatic carbocycles. The second-order valence-corrected chi connectivity index (χ2v) is 3.90. The van der Waals surface area contributed by atoms with E-state index in [0.717, 1.165) is 32.0 Å². The first kappa shape index (κ1) is 11.3. The van der Waals surface area contributed by atoms with Crippen LogP contribution in [-0.4, -0.2) is 13.1 Å². The van der Waals surface area contributed by atoms with Crippen LogP contribution in [0.15, 0.2) is 12.1 Å². The molecule has 5 heteroatoms. The Bertz CT molecular complexity index is 378. The van der Waals surface area contributed by atoms with Gasteiger partial charge in [-0.1, -0.05) is 0 Å². The van der Waals surface area contributed by atoms with Crippen LogP contribution >= 0.6 is 0 Å². The maximum Gasteiger partial charge on any atom is 0.160 e. The van der Waals surface area contributed by atoms with E-state index in [9.17, 15) is 8.78 Å². The van der Waals surface area contributed by atoms with Gasteiger partial charge in [0.2, 0.25) is 0 Å². The van der Waals surface area contributed by atoms with E-state index >= 15 is 0 Å². The van der Waals surface area contributed by atoms with Crippen molar-refractivity contribution in [2.75, 3.05) is 18.0 Å². The number of nitrogens with two attached hydrogens (primary N) is 1. The van der Waals surface area contributed by atoms with Crippen molar-refractivity contribution in [1.29, 1.82) is 0 Å². The molecule has 3 nitrogen and oxygen atoms in total. The highest BCUT2D eigenvalue weighted by Gasteiger charge is 2.18. The predicted octanol–water partition coefficient (Wildman–Crippen LogP) is 1.96. The lowest BCUT2D eigenvalue weighted by molar-refractivity contribution is 0.124. The summed E-state index contributed by atoms with van der Waals surface area (Å²) in [6.07, 6.45) is 2.14. The van der Waals surface area contributed by atoms with E-state index in [4.69, 9.17) is 5.90 Å². The van der Waals surface area contributed by atoms with Crippen molar-refractivity contribution in [3.8, 4) is 0 Å². The third-order valence-electron chi connectivity index (χ3n) is 2.81. The number of hydrogen-bond donors (Lipinski definition) is 1. The lowest BCUT2D eigenvalue weighted by atomic mass is 10.1. The van der Waals surface area contributed by atoms with Gasteiger partial charge in [0.1, 0.15) is 0 Å². The molecule has 2 N–H and O–H groups in total. The summed E-state index contributed by atoms with van der Waals surface area (Å²) in [6, 6.07) is 2.37. The zero-order valence-electron chi connectivity index (χ0n) is 8.88. The summed E-state index contributed by atoms with van der Waals surface area (Å²) in [5.74, 6) is 3.28. The SMILES string of the molecule is NOCc1cc(F)c(F)cc1N1CCCC1. The van der Waals surface area contributed by atoms with E-state index in [-0.39, 0.29) is 6.61 Å². The van der Waals surface area contributed by atoms with E-state index < -0.39 is 11.6 Å². The molecule has 1 aromatic rings. The summed E-state index contributed by atoms with van der Waals surface area (Å²) in [5, 5.41) is 0. The van der Waals surface area contributed by atoms with Crippen molar-refractivity contribution in [2.45, 2.75) is 19.4 Å². The number of benzene rings is 1. The van der Waals surface area contributed by atoms with Gasteiger partial charge in [0.25, 0.3) is 0 Å². The number of hydrogen-bond acceptors (Lipinski definition) is 3. The molecule has 0 radical (unpaired) electrons. The zero-order chi connectivity index (χ0) is 11.5. The van der Waals surface area contributed by atoms with Crippen molar-refractivity contribution in [2.24, 2.45) is 5.90 Å². The molecule has 0 unspecified atom stereocenters. The van der Waals surface area contributed by atoms with Gasteiger partial charge < -0.3 is 4.90 Å². The Morgan fingerprint density at radius 2 is 1.81 bits per heavy atom. The topological polar surface area (TPSA) is 38.5 Å². The number of rotatable bonds is 3. The molecule has 0 aromatic heterocycles. The molecule has 0 saturated carbocycles. The minimum atomic E-state index is -0.866. The molecule has 16 heavy (non-hydrogen) atoms. The van der Waals surface area contributed by atoms with Gasteiger partial charge in [0, 0.05) is 30.4 Å². The fourth-order valence-electron chi connectivity index (χ4n) is 2.04. The van der Waals surface area contributed by atoms with Crippen LogP contribution in [0.1, 0.15) is 18.4 Å². The maximum atomic E-state index is 13.2. The van der Waals surface area contributed by atoms with Crippen molar-refractivity contribution in [3.63, 3.8) is 0 Å². The molecule has 2 rings (SSSR count). The van der Waals surface area contributed by atoms with Crippen molar-refractivity contribution >= 4 is 5.69 Å². The quantitative estimate of drug-likeness (QED) is 0.804. The van der Waals surface area contributed by atoms with Crippen molar-refractivity contribution < 1.29 is 13.6 Å². The highest BCUT2D eigenvalue weighted by molar-refractivity contribution is 5.54. The van der Waals surface area contributed by atoms with Gasteiger partial charge in [-0.2, -0.15) is 0 Å². The molecule has 1 aliphatic rings. The second-order valence-electron chi connectivity index (χ2n) is 3.90. The molecule has 0 spiro atoms. The fraction of sp³-hybridized carbons (Fsp3) is 0.455. The Balaban J connectivity index is 2.36. The van der Waals surface area contributed by atoms with Gasteiger partial charge in [0.15, 0.2) is 11.6 Å². The summed E-state index contributed by atoms with van der Waals surface area (Å²) in [4.78, 5) is 6.53. The summed E-state index contributed by atoms with van der Waals surface area (Å²) in [6.45, 7) is 1.81. The lowest BCUT2D eigenvalue weighted by Crippen LogP contribution is -2.20. The average Bonchev–Trinajstić information content (AvgIpc) is 2.76. The van der Waals surface area contributed by atoms with Gasteiger partial charge in [-0.3, -0.25) is 4.84 Å². The zero-order valence-corrected chi connectivity index (χ0v) is 8.88. The Kier molecular flexibility index (Phi) is 3.36. The monoisotopic (exact) mass is 228 g/mol. The Labute approximate surface area is 92.7 Å². The smallest absolute Gasteiger partial charge is 0.160 e. The Morgan fingerprint density at radius 1 is 1.19 bits per heavy atom. The van der Waals surface area contributed by atoms with Crippen LogP contribution in [-0.2, 0) is 11.4 Å². The van der Waals surface area contributed by atoms with E-state index in [1.165, 1.54) is 6.07 Å². The molecular formula is C11H14F2N2O. The Hall–Kier alpha value is -1.20. The molecule has 88 valence electrons. The molecule has 0 atom stereocenters. The number of anilines is 1. The van der Waals surface area contributed by atoms with Crippen LogP contribution in [0.25, 0.3) is 0 Å². The van der Waals surface area contributed by atoms with Crippen LogP contribution in [0, 0.1) is 11.6 Å². The van der Waals surface area contributed by atoms with Crippen LogP contribution in [0.5, 0.6) is 0 Å². The Morgan fingerprint density at radius 3 is 2.44 bits per heavy atom. The summed E-state index contributed by atoms with van der Waals surface area (Å²) >= 11 is 0. The van der Waals surface area contributed by atoms with Crippen molar-refractivity contribution in [3.05, 3.63) is 29.3 Å². The van der Waals surface area contributed by atoms with E-state index in [1.54, 1.807) is 0 Å². The second kappa shape index (κ2) is 4.76. The van der Waals surface area contributed by atoms with Crippen LogP contribution in [0.4, 0.5) is 14.5 Å². The molecule has 0 aliphatic carbocycles. The maximum absolute atomic E-state index is 13.2. The van der Waals surface area contributed by atoms with E-state index in [1.807, 2.05) is 4.90 Å². The molecule has 1 heterocycles. The molecule has 0 bridgehead atoms. The standard InChI is InChI=1S/C11H14F2N2O/c12-9-5-8(7-16-14)11(6-10(9)13)15-3-1-2-4-15/h5-6H,1-4,7,14H2. The molecule has 0 amide bonds. The third-order valence-corrected chi connectivity index (χ3v) is 2.81. The normalized spacial score (nSPS) is 15.8. The minimum absolute atomic E-state index is 0.0863. The highest BCUT2D eigenvalue weighted by atomic mass is 19.2. The minimum Gasteiger partial charge on any atom is -0.371 e. The first-order valence-corrected chi connectivity index (χ1v) is 5.27. The number of nitrogens with zero attached hydrogens (tertiary/aromatic N) is 1. The summed E-state index contributed by atoms with van der Waals surface area (Å²) < 4.78 is 26.3. The number of halogens is 2. The first-order valence-electron chi connectivity index (χ1n) is 5.27. The largest absolute Gasteiger partial charge is 0.371 e. The van der Waals surface area contributed by atoms with Gasteiger partial charge in [0.05, 0.1) is 6.61 Å². The van der Waals surface area contributed by atoms with E-state index in [0.29, 0.717) is 11.3 Å². The van der Waals surface area contributed by atoms with Crippen LogP contribution < -0.4 is 10.8 Å². The third kappa shape index (κ3) is 2.15.